The highest BCUT2D eigenvalue weighted by Gasteiger charge is 2.23. The minimum absolute atomic E-state index is 0.0983. The standard InChI is InChI=1S/C18H19N3O2/c1-18(23,16-8-3-2-4-9-16)13-21-17(22)20-12-15-7-5-6-14(10-15)11-19/h2-10,23H,12-13H2,1H3,(H2,20,21,22). The highest BCUT2D eigenvalue weighted by molar-refractivity contribution is 5.73. The lowest BCUT2D eigenvalue weighted by Crippen LogP contribution is -2.43. The molecule has 0 radical (unpaired) electrons. The molecule has 5 nitrogen and oxygen atoms in total. The number of aliphatic hydroxyl groups is 1. The van der Waals surface area contributed by atoms with Crippen LogP contribution in [-0.4, -0.2) is 17.7 Å². The van der Waals surface area contributed by atoms with Gasteiger partial charge in [-0.25, -0.2) is 4.79 Å². The molecule has 0 aliphatic rings. The largest absolute Gasteiger partial charge is 0.384 e. The molecule has 1 atom stereocenters. The van der Waals surface area contributed by atoms with Gasteiger partial charge in [0, 0.05) is 6.54 Å². The maximum Gasteiger partial charge on any atom is 0.315 e. The molecule has 2 amide bonds. The second-order valence-electron chi connectivity index (χ2n) is 5.49. The first-order valence-electron chi connectivity index (χ1n) is 7.30. The number of urea groups is 1. The summed E-state index contributed by atoms with van der Waals surface area (Å²) in [5.74, 6) is 0. The molecule has 0 aromatic heterocycles. The summed E-state index contributed by atoms with van der Waals surface area (Å²) in [4.78, 5) is 11.9. The van der Waals surface area contributed by atoms with Crippen LogP contribution in [0, 0.1) is 11.3 Å². The number of carbonyl (C=O) groups excluding carboxylic acids is 1. The van der Waals surface area contributed by atoms with Crippen LogP contribution in [0.3, 0.4) is 0 Å². The molecule has 0 saturated carbocycles. The maximum atomic E-state index is 11.9. The quantitative estimate of drug-likeness (QED) is 0.792. The molecule has 23 heavy (non-hydrogen) atoms. The Bertz CT molecular complexity index is 706. The summed E-state index contributed by atoms with van der Waals surface area (Å²) in [5.41, 5.74) is 0.993. The number of nitriles is 1. The molecule has 0 aliphatic heterocycles. The van der Waals surface area contributed by atoms with Crippen molar-refractivity contribution in [2.75, 3.05) is 6.54 Å². The van der Waals surface area contributed by atoms with E-state index in [1.54, 1.807) is 25.1 Å². The third-order valence-electron chi connectivity index (χ3n) is 3.50. The molecule has 0 bridgehead atoms. The minimum Gasteiger partial charge on any atom is -0.384 e. The van der Waals surface area contributed by atoms with E-state index >= 15 is 0 Å². The van der Waals surface area contributed by atoms with Crippen molar-refractivity contribution in [1.82, 2.24) is 10.6 Å². The third kappa shape index (κ3) is 4.83. The van der Waals surface area contributed by atoms with E-state index in [0.717, 1.165) is 11.1 Å². The van der Waals surface area contributed by atoms with Gasteiger partial charge in [-0.2, -0.15) is 5.26 Å². The molecule has 2 rings (SSSR count). The van der Waals surface area contributed by atoms with Crippen LogP contribution in [0.1, 0.15) is 23.6 Å². The Kier molecular flexibility index (Phi) is 5.34. The van der Waals surface area contributed by atoms with Crippen molar-refractivity contribution in [2.45, 2.75) is 19.1 Å². The molecule has 0 heterocycles. The first-order valence-corrected chi connectivity index (χ1v) is 7.30. The minimum atomic E-state index is -1.14. The summed E-state index contributed by atoms with van der Waals surface area (Å²) in [6.07, 6.45) is 0. The van der Waals surface area contributed by atoms with E-state index in [2.05, 4.69) is 16.7 Å². The van der Waals surface area contributed by atoms with Gasteiger partial charge in [-0.1, -0.05) is 42.5 Å². The van der Waals surface area contributed by atoms with Gasteiger partial charge in [0.2, 0.25) is 0 Å². The summed E-state index contributed by atoms with van der Waals surface area (Å²) in [7, 11) is 0. The summed E-state index contributed by atoms with van der Waals surface area (Å²) >= 11 is 0. The fourth-order valence-corrected chi connectivity index (χ4v) is 2.15. The average molecular weight is 309 g/mol. The topological polar surface area (TPSA) is 85.2 Å². The summed E-state index contributed by atoms with van der Waals surface area (Å²) < 4.78 is 0. The molecule has 3 N–H and O–H groups in total. The first kappa shape index (κ1) is 16.5. The van der Waals surface area contributed by atoms with Crippen LogP contribution in [0.4, 0.5) is 4.79 Å². The van der Waals surface area contributed by atoms with Gasteiger partial charge in [0.1, 0.15) is 5.60 Å². The van der Waals surface area contributed by atoms with Crippen LogP contribution in [0.15, 0.2) is 54.6 Å². The Morgan fingerprint density at radius 2 is 1.91 bits per heavy atom. The molecule has 5 heteroatoms. The monoisotopic (exact) mass is 309 g/mol. The molecule has 1 unspecified atom stereocenters. The zero-order valence-electron chi connectivity index (χ0n) is 12.9. The van der Waals surface area contributed by atoms with Crippen molar-refractivity contribution in [1.29, 1.82) is 5.26 Å². The van der Waals surface area contributed by atoms with Gasteiger partial charge in [-0.3, -0.25) is 0 Å². The third-order valence-corrected chi connectivity index (χ3v) is 3.50. The Morgan fingerprint density at radius 3 is 2.61 bits per heavy atom. The Balaban J connectivity index is 1.84. The molecule has 118 valence electrons. The number of hydrogen-bond acceptors (Lipinski definition) is 3. The van der Waals surface area contributed by atoms with Crippen molar-refractivity contribution >= 4 is 6.03 Å². The van der Waals surface area contributed by atoms with Crippen LogP contribution in [0.2, 0.25) is 0 Å². The van der Waals surface area contributed by atoms with Crippen LogP contribution in [0.5, 0.6) is 0 Å². The van der Waals surface area contributed by atoms with Crippen molar-refractivity contribution in [3.05, 3.63) is 71.3 Å². The SMILES string of the molecule is CC(O)(CNC(=O)NCc1cccc(C#N)c1)c1ccccc1. The van der Waals surface area contributed by atoms with E-state index in [0.29, 0.717) is 12.1 Å². The van der Waals surface area contributed by atoms with Gasteiger partial charge < -0.3 is 15.7 Å². The van der Waals surface area contributed by atoms with Gasteiger partial charge in [0.25, 0.3) is 0 Å². The maximum absolute atomic E-state index is 11.9. The van der Waals surface area contributed by atoms with Gasteiger partial charge in [-0.15, -0.1) is 0 Å². The average Bonchev–Trinajstić information content (AvgIpc) is 2.59. The second-order valence-corrected chi connectivity index (χ2v) is 5.49. The molecule has 0 fully saturated rings. The number of carbonyl (C=O) groups is 1. The zero-order chi connectivity index (χ0) is 16.7. The highest BCUT2D eigenvalue weighted by Crippen LogP contribution is 2.18. The van der Waals surface area contributed by atoms with Crippen molar-refractivity contribution in [2.24, 2.45) is 0 Å². The van der Waals surface area contributed by atoms with E-state index in [1.807, 2.05) is 36.4 Å². The van der Waals surface area contributed by atoms with E-state index in [1.165, 1.54) is 0 Å². The van der Waals surface area contributed by atoms with Crippen molar-refractivity contribution in [3.8, 4) is 6.07 Å². The molecule has 0 spiro atoms. The molecular formula is C18H19N3O2. The fraction of sp³-hybridized carbons (Fsp3) is 0.222. The molecule has 2 aromatic rings. The lowest BCUT2D eigenvalue weighted by molar-refractivity contribution is 0.0594. The van der Waals surface area contributed by atoms with E-state index in [-0.39, 0.29) is 12.6 Å². The Hall–Kier alpha value is -2.84. The molecule has 0 aliphatic carbocycles. The number of rotatable bonds is 5. The summed E-state index contributed by atoms with van der Waals surface area (Å²) in [5, 5.41) is 24.6. The summed E-state index contributed by atoms with van der Waals surface area (Å²) in [6.45, 7) is 2.06. The first-order chi connectivity index (χ1) is 11.0. The van der Waals surface area contributed by atoms with E-state index in [9.17, 15) is 9.90 Å². The lowest BCUT2D eigenvalue weighted by atomic mass is 9.96. The van der Waals surface area contributed by atoms with E-state index < -0.39 is 5.60 Å². The number of nitrogens with one attached hydrogen (secondary N) is 2. The second kappa shape index (κ2) is 7.43. The van der Waals surface area contributed by atoms with Crippen molar-refractivity contribution < 1.29 is 9.90 Å². The van der Waals surface area contributed by atoms with Gasteiger partial charge in [0.05, 0.1) is 18.2 Å². The number of hydrogen-bond donors (Lipinski definition) is 3. The van der Waals surface area contributed by atoms with Gasteiger partial charge in [0.15, 0.2) is 0 Å². The van der Waals surface area contributed by atoms with Gasteiger partial charge >= 0.3 is 6.03 Å². The van der Waals surface area contributed by atoms with Crippen LogP contribution >= 0.6 is 0 Å². The Morgan fingerprint density at radius 1 is 1.17 bits per heavy atom. The molecular weight excluding hydrogens is 290 g/mol. The predicted molar refractivity (Wildman–Crippen MR) is 87.4 cm³/mol. The van der Waals surface area contributed by atoms with Crippen molar-refractivity contribution in [3.63, 3.8) is 0 Å². The number of amides is 2. The normalized spacial score (nSPS) is 12.7. The number of nitrogens with zero attached hydrogens (tertiary/aromatic N) is 1. The summed E-state index contributed by atoms with van der Waals surface area (Å²) in [6, 6.07) is 17.9. The van der Waals surface area contributed by atoms with Gasteiger partial charge in [-0.05, 0) is 30.2 Å². The zero-order valence-corrected chi connectivity index (χ0v) is 12.9. The fourth-order valence-electron chi connectivity index (χ4n) is 2.15. The lowest BCUT2D eigenvalue weighted by Gasteiger charge is -2.24. The Labute approximate surface area is 135 Å². The molecule has 2 aromatic carbocycles. The molecule has 0 saturated heterocycles. The predicted octanol–water partition coefficient (Wildman–Crippen LogP) is 2.27. The van der Waals surface area contributed by atoms with E-state index in [4.69, 9.17) is 5.26 Å². The number of benzene rings is 2. The highest BCUT2D eigenvalue weighted by atomic mass is 16.3. The van der Waals surface area contributed by atoms with Crippen LogP contribution in [-0.2, 0) is 12.1 Å². The smallest absolute Gasteiger partial charge is 0.315 e. The van der Waals surface area contributed by atoms with Crippen LogP contribution < -0.4 is 10.6 Å². The van der Waals surface area contributed by atoms with Crippen LogP contribution in [0.25, 0.3) is 0 Å².